The first-order valence-corrected chi connectivity index (χ1v) is 6.00. The highest BCUT2D eigenvalue weighted by atomic mass is 19.1. The van der Waals surface area contributed by atoms with Crippen LogP contribution in [0.1, 0.15) is 16.3 Å². The number of halogens is 1. The SMILES string of the molecule is Cc1ncc(NC(=O)c2cc3cc(F)ccc3[nH]2)cn1. The molecule has 0 atom stereocenters. The second-order valence-corrected chi connectivity index (χ2v) is 4.39. The molecule has 0 saturated carbocycles. The molecule has 0 spiro atoms. The van der Waals surface area contributed by atoms with Gasteiger partial charge in [0.1, 0.15) is 17.3 Å². The molecule has 100 valence electrons. The van der Waals surface area contributed by atoms with E-state index in [9.17, 15) is 9.18 Å². The van der Waals surface area contributed by atoms with Crippen molar-refractivity contribution in [2.75, 3.05) is 5.32 Å². The van der Waals surface area contributed by atoms with Gasteiger partial charge in [0.25, 0.3) is 5.91 Å². The smallest absolute Gasteiger partial charge is 0.272 e. The van der Waals surface area contributed by atoms with Gasteiger partial charge in [-0.3, -0.25) is 4.79 Å². The first-order chi connectivity index (χ1) is 9.61. The third-order valence-electron chi connectivity index (χ3n) is 2.87. The molecule has 0 fully saturated rings. The predicted octanol–water partition coefficient (Wildman–Crippen LogP) is 2.66. The van der Waals surface area contributed by atoms with Gasteiger partial charge in [0, 0.05) is 10.9 Å². The number of carbonyl (C=O) groups is 1. The van der Waals surface area contributed by atoms with E-state index in [4.69, 9.17) is 0 Å². The summed E-state index contributed by atoms with van der Waals surface area (Å²) >= 11 is 0. The van der Waals surface area contributed by atoms with Crippen LogP contribution in [0.4, 0.5) is 10.1 Å². The summed E-state index contributed by atoms with van der Waals surface area (Å²) in [5, 5.41) is 3.32. The van der Waals surface area contributed by atoms with Crippen LogP contribution in [0, 0.1) is 12.7 Å². The summed E-state index contributed by atoms with van der Waals surface area (Å²) in [5.41, 5.74) is 1.56. The van der Waals surface area contributed by atoms with E-state index in [2.05, 4.69) is 20.3 Å². The number of carbonyl (C=O) groups excluding carboxylic acids is 1. The molecule has 2 heterocycles. The molecule has 20 heavy (non-hydrogen) atoms. The van der Waals surface area contributed by atoms with Gasteiger partial charge in [-0.05, 0) is 31.2 Å². The molecule has 0 bridgehead atoms. The second kappa shape index (κ2) is 4.73. The number of anilines is 1. The van der Waals surface area contributed by atoms with Gasteiger partial charge in [0.2, 0.25) is 0 Å². The van der Waals surface area contributed by atoms with Gasteiger partial charge in [0.05, 0.1) is 18.1 Å². The Balaban J connectivity index is 1.86. The fourth-order valence-electron chi connectivity index (χ4n) is 1.88. The van der Waals surface area contributed by atoms with Gasteiger partial charge < -0.3 is 10.3 Å². The van der Waals surface area contributed by atoms with Crippen LogP contribution in [-0.2, 0) is 0 Å². The number of rotatable bonds is 2. The maximum Gasteiger partial charge on any atom is 0.272 e. The van der Waals surface area contributed by atoms with Crippen molar-refractivity contribution in [3.63, 3.8) is 0 Å². The molecule has 3 aromatic rings. The van der Waals surface area contributed by atoms with Crippen molar-refractivity contribution in [2.24, 2.45) is 0 Å². The van der Waals surface area contributed by atoms with Crippen molar-refractivity contribution in [3.8, 4) is 0 Å². The van der Waals surface area contributed by atoms with Crippen LogP contribution in [-0.4, -0.2) is 20.9 Å². The molecule has 1 amide bonds. The number of nitrogens with one attached hydrogen (secondary N) is 2. The van der Waals surface area contributed by atoms with E-state index in [1.165, 1.54) is 24.5 Å². The highest BCUT2D eigenvalue weighted by Crippen LogP contribution is 2.17. The molecule has 0 aliphatic rings. The number of fused-ring (bicyclic) bond motifs is 1. The molecule has 0 saturated heterocycles. The van der Waals surface area contributed by atoms with Crippen LogP contribution in [0.3, 0.4) is 0 Å². The van der Waals surface area contributed by atoms with Gasteiger partial charge in [-0.25, -0.2) is 14.4 Å². The molecule has 3 rings (SSSR count). The van der Waals surface area contributed by atoms with Crippen LogP contribution in [0.2, 0.25) is 0 Å². The second-order valence-electron chi connectivity index (χ2n) is 4.39. The summed E-state index contributed by atoms with van der Waals surface area (Å²) in [6, 6.07) is 5.91. The number of amides is 1. The first kappa shape index (κ1) is 12.3. The average molecular weight is 270 g/mol. The minimum absolute atomic E-state index is 0.325. The summed E-state index contributed by atoms with van der Waals surface area (Å²) < 4.78 is 13.1. The Bertz CT molecular complexity index is 779. The molecule has 6 heteroatoms. The predicted molar refractivity (Wildman–Crippen MR) is 73.0 cm³/mol. The minimum Gasteiger partial charge on any atom is -0.351 e. The highest BCUT2D eigenvalue weighted by Gasteiger charge is 2.10. The normalized spacial score (nSPS) is 10.7. The quantitative estimate of drug-likeness (QED) is 0.752. The number of aromatic amines is 1. The first-order valence-electron chi connectivity index (χ1n) is 6.00. The Morgan fingerprint density at radius 1 is 1.25 bits per heavy atom. The summed E-state index contributed by atoms with van der Waals surface area (Å²) in [5.74, 6) is -0.0338. The standard InChI is InChI=1S/C14H11FN4O/c1-8-16-6-11(7-17-8)18-14(20)13-5-9-4-10(15)2-3-12(9)19-13/h2-7,19H,1H3,(H,18,20). The molecule has 0 aliphatic heterocycles. The van der Waals surface area contributed by atoms with E-state index in [1.54, 1.807) is 19.1 Å². The summed E-state index contributed by atoms with van der Waals surface area (Å²) in [6.07, 6.45) is 3.06. The Morgan fingerprint density at radius 2 is 2.00 bits per heavy atom. The maximum atomic E-state index is 13.1. The van der Waals surface area contributed by atoms with Crippen molar-refractivity contribution >= 4 is 22.5 Å². The fraction of sp³-hybridized carbons (Fsp3) is 0.0714. The molecule has 1 aromatic carbocycles. The maximum absolute atomic E-state index is 13.1. The average Bonchev–Trinajstić information content (AvgIpc) is 2.84. The topological polar surface area (TPSA) is 70.7 Å². The van der Waals surface area contributed by atoms with Crippen molar-refractivity contribution < 1.29 is 9.18 Å². The number of benzene rings is 1. The molecular formula is C14H11FN4O. The number of nitrogens with zero attached hydrogens (tertiary/aromatic N) is 2. The molecule has 0 radical (unpaired) electrons. The minimum atomic E-state index is -0.338. The Labute approximate surface area is 113 Å². The van der Waals surface area contributed by atoms with Crippen LogP contribution in [0.5, 0.6) is 0 Å². The van der Waals surface area contributed by atoms with E-state index in [0.29, 0.717) is 28.1 Å². The molecular weight excluding hydrogens is 259 g/mol. The van der Waals surface area contributed by atoms with Gasteiger partial charge in [-0.1, -0.05) is 0 Å². The Kier molecular flexibility index (Phi) is 2.90. The number of aryl methyl sites for hydroxylation is 1. The number of hydrogen-bond donors (Lipinski definition) is 2. The largest absolute Gasteiger partial charge is 0.351 e. The fourth-order valence-corrected chi connectivity index (χ4v) is 1.88. The lowest BCUT2D eigenvalue weighted by molar-refractivity contribution is 0.102. The van der Waals surface area contributed by atoms with E-state index in [1.807, 2.05) is 0 Å². The molecule has 0 aliphatic carbocycles. The van der Waals surface area contributed by atoms with E-state index >= 15 is 0 Å². The van der Waals surface area contributed by atoms with Gasteiger partial charge >= 0.3 is 0 Å². The lowest BCUT2D eigenvalue weighted by Crippen LogP contribution is -2.12. The lowest BCUT2D eigenvalue weighted by atomic mass is 10.2. The summed E-state index contributed by atoms with van der Waals surface area (Å²) in [6.45, 7) is 1.76. The number of aromatic nitrogens is 3. The molecule has 2 N–H and O–H groups in total. The van der Waals surface area contributed by atoms with Crippen LogP contribution >= 0.6 is 0 Å². The van der Waals surface area contributed by atoms with Crippen LogP contribution < -0.4 is 5.32 Å². The van der Waals surface area contributed by atoms with Gasteiger partial charge in [0.15, 0.2) is 0 Å². The summed E-state index contributed by atoms with van der Waals surface area (Å²) in [4.78, 5) is 23.0. The van der Waals surface area contributed by atoms with Crippen molar-refractivity contribution in [1.82, 2.24) is 15.0 Å². The van der Waals surface area contributed by atoms with E-state index in [-0.39, 0.29) is 11.7 Å². The summed E-state index contributed by atoms with van der Waals surface area (Å²) in [7, 11) is 0. The lowest BCUT2D eigenvalue weighted by Gasteiger charge is -2.02. The molecule has 5 nitrogen and oxygen atoms in total. The van der Waals surface area contributed by atoms with Gasteiger partial charge in [-0.2, -0.15) is 0 Å². The van der Waals surface area contributed by atoms with E-state index < -0.39 is 0 Å². The third kappa shape index (κ3) is 2.35. The Morgan fingerprint density at radius 3 is 2.75 bits per heavy atom. The van der Waals surface area contributed by atoms with Crippen LogP contribution in [0.25, 0.3) is 10.9 Å². The third-order valence-corrected chi connectivity index (χ3v) is 2.87. The zero-order chi connectivity index (χ0) is 14.1. The monoisotopic (exact) mass is 270 g/mol. The van der Waals surface area contributed by atoms with Gasteiger partial charge in [-0.15, -0.1) is 0 Å². The van der Waals surface area contributed by atoms with Crippen molar-refractivity contribution in [1.29, 1.82) is 0 Å². The van der Waals surface area contributed by atoms with Crippen molar-refractivity contribution in [3.05, 3.63) is 54.0 Å². The Hall–Kier alpha value is -2.76. The zero-order valence-electron chi connectivity index (χ0n) is 10.6. The van der Waals surface area contributed by atoms with E-state index in [0.717, 1.165) is 0 Å². The molecule has 0 unspecified atom stereocenters. The van der Waals surface area contributed by atoms with Crippen LogP contribution in [0.15, 0.2) is 36.7 Å². The number of hydrogen-bond acceptors (Lipinski definition) is 3. The highest BCUT2D eigenvalue weighted by molar-refractivity contribution is 6.05. The van der Waals surface area contributed by atoms with Crippen molar-refractivity contribution in [2.45, 2.75) is 6.92 Å². The number of H-pyrrole nitrogens is 1. The zero-order valence-corrected chi connectivity index (χ0v) is 10.6. The molecule has 2 aromatic heterocycles.